The van der Waals surface area contributed by atoms with Crippen LogP contribution in [0.15, 0.2) is 71.3 Å². The highest BCUT2D eigenvalue weighted by molar-refractivity contribution is 5.89. The quantitative estimate of drug-likeness (QED) is 0.508. The Morgan fingerprint density at radius 3 is 2.43 bits per heavy atom. The molecule has 0 N–H and O–H groups in total. The fourth-order valence-electron chi connectivity index (χ4n) is 2.33. The third-order valence-electron chi connectivity index (χ3n) is 3.53. The van der Waals surface area contributed by atoms with Crippen molar-refractivity contribution < 1.29 is 13.9 Å². The Bertz CT molecular complexity index is 812. The molecule has 0 spiro atoms. The van der Waals surface area contributed by atoms with E-state index in [0.29, 0.717) is 5.56 Å². The molecule has 3 heteroatoms. The summed E-state index contributed by atoms with van der Waals surface area (Å²) >= 11 is 0. The number of carbonyl (C=O) groups is 1. The summed E-state index contributed by atoms with van der Waals surface area (Å²) in [4.78, 5) is 11.4. The van der Waals surface area contributed by atoms with Gasteiger partial charge in [0, 0.05) is 5.56 Å². The molecular weight excluding hydrogens is 288 g/mol. The van der Waals surface area contributed by atoms with Crippen molar-refractivity contribution in [2.24, 2.45) is 0 Å². The van der Waals surface area contributed by atoms with Crippen molar-refractivity contribution in [3.05, 3.63) is 83.6 Å². The maximum atomic E-state index is 11.4. The second-order valence-corrected chi connectivity index (χ2v) is 5.01. The summed E-state index contributed by atoms with van der Waals surface area (Å²) in [5.41, 5.74) is 3.66. The van der Waals surface area contributed by atoms with Crippen LogP contribution in [0.25, 0.3) is 23.5 Å². The van der Waals surface area contributed by atoms with E-state index in [1.54, 1.807) is 18.4 Å². The topological polar surface area (TPSA) is 39.4 Å². The zero-order chi connectivity index (χ0) is 16.1. The van der Waals surface area contributed by atoms with Gasteiger partial charge in [-0.25, -0.2) is 4.79 Å². The maximum absolute atomic E-state index is 11.4. The molecule has 0 radical (unpaired) electrons. The van der Waals surface area contributed by atoms with Crippen LogP contribution in [-0.2, 0) is 4.74 Å². The molecule has 3 nitrogen and oxygen atoms in total. The maximum Gasteiger partial charge on any atom is 0.337 e. The third kappa shape index (κ3) is 3.40. The van der Waals surface area contributed by atoms with Gasteiger partial charge < -0.3 is 9.15 Å². The zero-order valence-corrected chi connectivity index (χ0v) is 12.7. The number of furan rings is 1. The van der Waals surface area contributed by atoms with E-state index in [1.807, 2.05) is 60.7 Å². The summed E-state index contributed by atoms with van der Waals surface area (Å²) < 4.78 is 10.2. The first-order valence-electron chi connectivity index (χ1n) is 7.27. The van der Waals surface area contributed by atoms with Crippen LogP contribution in [0, 0.1) is 0 Å². The molecule has 0 saturated heterocycles. The van der Waals surface area contributed by atoms with Crippen molar-refractivity contribution in [2.45, 2.75) is 0 Å². The Morgan fingerprint density at radius 2 is 1.74 bits per heavy atom. The van der Waals surface area contributed by atoms with E-state index in [4.69, 9.17) is 9.15 Å². The minimum absolute atomic E-state index is 0.330. The van der Waals surface area contributed by atoms with Crippen molar-refractivity contribution in [3.8, 4) is 11.3 Å². The highest BCUT2D eigenvalue weighted by Gasteiger charge is 2.05. The van der Waals surface area contributed by atoms with E-state index >= 15 is 0 Å². The number of benzene rings is 2. The standard InChI is InChI=1S/C20H16O3/c1-22-20(21)17-12-9-15(10-13-17)8-11-16-5-2-3-6-18(16)19-7-4-14-23-19/h2-14H,1H3/b11-8+. The fraction of sp³-hybridized carbons (Fsp3) is 0.0500. The lowest BCUT2D eigenvalue weighted by Crippen LogP contribution is -2.00. The number of methoxy groups -OCH3 is 1. The van der Waals surface area contributed by atoms with Crippen LogP contribution in [0.4, 0.5) is 0 Å². The molecule has 3 rings (SSSR count). The number of esters is 1. The van der Waals surface area contributed by atoms with Gasteiger partial charge >= 0.3 is 5.97 Å². The molecule has 23 heavy (non-hydrogen) atoms. The summed E-state index contributed by atoms with van der Waals surface area (Å²) in [7, 11) is 1.38. The SMILES string of the molecule is COC(=O)c1ccc(/C=C/c2ccccc2-c2ccco2)cc1. The smallest absolute Gasteiger partial charge is 0.337 e. The van der Waals surface area contributed by atoms with E-state index < -0.39 is 0 Å². The van der Waals surface area contributed by atoms with E-state index in [0.717, 1.165) is 22.5 Å². The molecule has 0 saturated carbocycles. The molecule has 1 heterocycles. The summed E-state index contributed by atoms with van der Waals surface area (Å²) in [6, 6.07) is 19.1. The Balaban J connectivity index is 1.85. The lowest BCUT2D eigenvalue weighted by Gasteiger charge is -2.03. The van der Waals surface area contributed by atoms with Gasteiger partial charge in [0.1, 0.15) is 5.76 Å². The van der Waals surface area contributed by atoms with E-state index in [1.165, 1.54) is 7.11 Å². The number of rotatable bonds is 4. The Hall–Kier alpha value is -3.07. The summed E-state index contributed by atoms with van der Waals surface area (Å²) in [5.74, 6) is 0.509. The summed E-state index contributed by atoms with van der Waals surface area (Å²) in [6.07, 6.45) is 5.70. The van der Waals surface area contributed by atoms with Gasteiger partial charge in [0.2, 0.25) is 0 Å². The van der Waals surface area contributed by atoms with E-state index in [2.05, 4.69) is 0 Å². The van der Waals surface area contributed by atoms with E-state index in [9.17, 15) is 4.79 Å². The highest BCUT2D eigenvalue weighted by Crippen LogP contribution is 2.25. The molecule has 0 amide bonds. The van der Waals surface area contributed by atoms with Crippen molar-refractivity contribution in [1.29, 1.82) is 0 Å². The molecular formula is C20H16O3. The number of hydrogen-bond acceptors (Lipinski definition) is 3. The van der Waals surface area contributed by atoms with Gasteiger partial charge in [-0.15, -0.1) is 0 Å². The molecule has 0 aliphatic rings. The van der Waals surface area contributed by atoms with E-state index in [-0.39, 0.29) is 5.97 Å². The number of hydrogen-bond donors (Lipinski definition) is 0. The van der Waals surface area contributed by atoms with Crippen LogP contribution in [0.5, 0.6) is 0 Å². The van der Waals surface area contributed by atoms with Crippen LogP contribution in [0.3, 0.4) is 0 Å². The van der Waals surface area contributed by atoms with Crippen molar-refractivity contribution in [1.82, 2.24) is 0 Å². The Kier molecular flexibility index (Phi) is 4.39. The third-order valence-corrected chi connectivity index (χ3v) is 3.53. The predicted molar refractivity (Wildman–Crippen MR) is 90.9 cm³/mol. The van der Waals surface area contributed by atoms with Gasteiger partial charge in [0.25, 0.3) is 0 Å². The molecule has 2 aromatic carbocycles. The molecule has 0 unspecified atom stereocenters. The first-order chi connectivity index (χ1) is 11.3. The first kappa shape index (κ1) is 14.9. The van der Waals surface area contributed by atoms with Crippen molar-refractivity contribution >= 4 is 18.1 Å². The minimum atomic E-state index is -0.330. The first-order valence-corrected chi connectivity index (χ1v) is 7.27. The van der Waals surface area contributed by atoms with Gasteiger partial charge in [-0.2, -0.15) is 0 Å². The lowest BCUT2D eigenvalue weighted by molar-refractivity contribution is 0.0600. The second kappa shape index (κ2) is 6.79. The van der Waals surface area contributed by atoms with Crippen molar-refractivity contribution in [3.63, 3.8) is 0 Å². The monoisotopic (exact) mass is 304 g/mol. The molecule has 1 aromatic heterocycles. The molecule has 3 aromatic rings. The van der Waals surface area contributed by atoms with Gasteiger partial charge in [-0.1, -0.05) is 48.6 Å². The number of carbonyl (C=O) groups excluding carboxylic acids is 1. The summed E-state index contributed by atoms with van der Waals surface area (Å²) in [6.45, 7) is 0. The molecule has 0 aliphatic carbocycles. The second-order valence-electron chi connectivity index (χ2n) is 5.01. The summed E-state index contributed by atoms with van der Waals surface area (Å²) in [5, 5.41) is 0. The van der Waals surface area contributed by atoms with Gasteiger partial charge in [-0.05, 0) is 35.4 Å². The molecule has 0 bridgehead atoms. The molecule has 0 atom stereocenters. The predicted octanol–water partition coefficient (Wildman–Crippen LogP) is 4.90. The van der Waals surface area contributed by atoms with Crippen LogP contribution in [0.1, 0.15) is 21.5 Å². The van der Waals surface area contributed by atoms with Crippen molar-refractivity contribution in [2.75, 3.05) is 7.11 Å². The van der Waals surface area contributed by atoms with Crippen LogP contribution < -0.4 is 0 Å². The Morgan fingerprint density at radius 1 is 0.957 bits per heavy atom. The highest BCUT2D eigenvalue weighted by atomic mass is 16.5. The van der Waals surface area contributed by atoms with Crippen LogP contribution >= 0.6 is 0 Å². The van der Waals surface area contributed by atoms with Gasteiger partial charge in [0.05, 0.1) is 18.9 Å². The average Bonchev–Trinajstić information content (AvgIpc) is 3.14. The van der Waals surface area contributed by atoms with Gasteiger partial charge in [0.15, 0.2) is 0 Å². The van der Waals surface area contributed by atoms with Gasteiger partial charge in [-0.3, -0.25) is 0 Å². The average molecular weight is 304 g/mol. The lowest BCUT2D eigenvalue weighted by atomic mass is 10.0. The molecule has 114 valence electrons. The molecule has 0 aliphatic heterocycles. The zero-order valence-electron chi connectivity index (χ0n) is 12.7. The fourth-order valence-corrected chi connectivity index (χ4v) is 2.33. The van der Waals surface area contributed by atoms with Crippen LogP contribution in [-0.4, -0.2) is 13.1 Å². The number of ether oxygens (including phenoxy) is 1. The largest absolute Gasteiger partial charge is 0.465 e. The molecule has 0 fully saturated rings. The normalized spacial score (nSPS) is 10.8. The minimum Gasteiger partial charge on any atom is -0.465 e. The Labute approximate surface area is 134 Å². The van der Waals surface area contributed by atoms with Crippen LogP contribution in [0.2, 0.25) is 0 Å².